The molecule has 3 fully saturated rings. The van der Waals surface area contributed by atoms with Crippen LogP contribution in [-0.2, 0) is 4.79 Å². The Balaban J connectivity index is 1.21. The quantitative estimate of drug-likeness (QED) is 0.198. The third kappa shape index (κ3) is 6.92. The van der Waals surface area contributed by atoms with E-state index >= 15 is 0 Å². The van der Waals surface area contributed by atoms with Gasteiger partial charge in [-0.05, 0) is 104 Å². The summed E-state index contributed by atoms with van der Waals surface area (Å²) in [5.41, 5.74) is 9.73. The molecule has 0 bridgehead atoms. The average molecular weight is 657 g/mol. The fraction of sp³-hybridized carbons (Fsp3) is 0.394. The van der Waals surface area contributed by atoms with Crippen molar-refractivity contribution in [3.8, 4) is 16.9 Å². The summed E-state index contributed by atoms with van der Waals surface area (Å²) in [6, 6.07) is 12.7. The number of carboxylic acid groups (broad SMARTS) is 1. The number of likely N-dealkylation sites (tertiary alicyclic amines) is 2. The maximum absolute atomic E-state index is 14.3. The van der Waals surface area contributed by atoms with Gasteiger partial charge >= 0.3 is 6.09 Å². The molecule has 0 unspecified atom stereocenters. The van der Waals surface area contributed by atoms with Gasteiger partial charge in [0.15, 0.2) is 0 Å². The van der Waals surface area contributed by atoms with Gasteiger partial charge in [-0.3, -0.25) is 15.0 Å². The van der Waals surface area contributed by atoms with Crippen molar-refractivity contribution < 1.29 is 14.7 Å². The van der Waals surface area contributed by atoms with Crippen LogP contribution < -0.4 is 11.1 Å². The van der Waals surface area contributed by atoms with Gasteiger partial charge < -0.3 is 20.7 Å². The molecule has 14 heteroatoms. The number of piperidine rings is 2. The molecule has 13 nitrogen and oxygen atoms in total. The Morgan fingerprint density at radius 3 is 2.57 bits per heavy atom. The topological polar surface area (TPSA) is 171 Å². The van der Waals surface area contributed by atoms with Gasteiger partial charge in [0, 0.05) is 52.7 Å². The standard InChI is InChI=1S/C33H37ClN10O3/c34-23-6-9-29(44-19-37-40-41-44)22(15-23)5-10-30(45)43-18-26(42-13-11-24(35)12-14-42)16-27(20-1-2-20)31(43)32-36-17-28(39-32)21-3-7-25(8-4-21)38-33(46)47/h3-10,15,17,19-20,24,26-27,31,38H,1-2,11-14,16,18,35H2,(H,36,39)(H,46,47)/b10-5+/t26-,27-,31-/m0/s1. The van der Waals surface area contributed by atoms with Crippen molar-refractivity contribution >= 4 is 35.4 Å². The monoisotopic (exact) mass is 656 g/mol. The van der Waals surface area contributed by atoms with E-state index in [0.29, 0.717) is 34.4 Å². The van der Waals surface area contributed by atoms with Crippen molar-refractivity contribution in [2.45, 2.75) is 50.2 Å². The van der Waals surface area contributed by atoms with Crippen LogP contribution in [0.3, 0.4) is 0 Å². The minimum absolute atomic E-state index is 0.108. The third-order valence-electron chi connectivity index (χ3n) is 9.59. The highest BCUT2D eigenvalue weighted by atomic mass is 35.5. The number of benzene rings is 2. The number of hydrogen-bond acceptors (Lipinski definition) is 8. The summed E-state index contributed by atoms with van der Waals surface area (Å²) in [7, 11) is 0. The molecule has 4 heterocycles. The Morgan fingerprint density at radius 2 is 1.87 bits per heavy atom. The summed E-state index contributed by atoms with van der Waals surface area (Å²) in [6.45, 7) is 2.44. The maximum Gasteiger partial charge on any atom is 0.409 e. The number of rotatable bonds is 8. The van der Waals surface area contributed by atoms with Crippen LogP contribution in [0.2, 0.25) is 5.02 Å². The number of hydrogen-bond donors (Lipinski definition) is 4. The first-order valence-corrected chi connectivity index (χ1v) is 16.4. The van der Waals surface area contributed by atoms with Gasteiger partial charge in [-0.1, -0.05) is 23.7 Å². The second-order valence-electron chi connectivity index (χ2n) is 12.7. The largest absolute Gasteiger partial charge is 0.465 e. The van der Waals surface area contributed by atoms with E-state index in [0.717, 1.165) is 62.3 Å². The van der Waals surface area contributed by atoms with Gasteiger partial charge in [0.2, 0.25) is 5.91 Å². The van der Waals surface area contributed by atoms with Gasteiger partial charge in [-0.15, -0.1) is 5.10 Å². The predicted molar refractivity (Wildman–Crippen MR) is 177 cm³/mol. The fourth-order valence-corrected chi connectivity index (χ4v) is 7.25. The highest BCUT2D eigenvalue weighted by Crippen LogP contribution is 2.50. The van der Waals surface area contributed by atoms with Crippen LogP contribution in [0.4, 0.5) is 10.5 Å². The molecule has 1 saturated carbocycles. The highest BCUT2D eigenvalue weighted by Gasteiger charge is 2.48. The van der Waals surface area contributed by atoms with Crippen molar-refractivity contribution in [2.24, 2.45) is 17.6 Å². The minimum atomic E-state index is -1.12. The Hall–Kier alpha value is -4.59. The van der Waals surface area contributed by atoms with Gasteiger partial charge in [0.05, 0.1) is 17.4 Å². The zero-order valence-corrected chi connectivity index (χ0v) is 26.5. The van der Waals surface area contributed by atoms with Gasteiger partial charge in [0.25, 0.3) is 0 Å². The first kappa shape index (κ1) is 31.0. The molecule has 4 aromatic rings. The molecular weight excluding hydrogens is 620 g/mol. The van der Waals surface area contributed by atoms with E-state index in [1.165, 1.54) is 6.33 Å². The maximum atomic E-state index is 14.3. The summed E-state index contributed by atoms with van der Waals surface area (Å²) in [4.78, 5) is 38.3. The SMILES string of the molecule is NC1CCN([C@H]2C[C@@H](C3CC3)[C@@H](c3nc(-c4ccc(NC(=O)O)cc4)c[nH]3)N(C(=O)/C=C/c3cc(Cl)ccc3-n3cnnn3)C2)CC1. The van der Waals surface area contributed by atoms with Crippen molar-refractivity contribution in [3.63, 3.8) is 0 Å². The first-order valence-electron chi connectivity index (χ1n) is 16.0. The zero-order valence-electron chi connectivity index (χ0n) is 25.7. The Labute approximate surface area is 276 Å². The number of carbonyl (C=O) groups is 2. The molecule has 244 valence electrons. The number of H-pyrrole nitrogens is 1. The predicted octanol–water partition coefficient (Wildman–Crippen LogP) is 4.60. The van der Waals surface area contributed by atoms with Crippen molar-refractivity contribution in [2.75, 3.05) is 25.0 Å². The summed E-state index contributed by atoms with van der Waals surface area (Å²) < 4.78 is 1.54. The Kier molecular flexibility index (Phi) is 8.76. The van der Waals surface area contributed by atoms with Gasteiger partial charge in [-0.2, -0.15) is 4.68 Å². The zero-order chi connectivity index (χ0) is 32.5. The van der Waals surface area contributed by atoms with E-state index in [2.05, 4.69) is 30.7 Å². The second-order valence-corrected chi connectivity index (χ2v) is 13.1. The number of tetrazole rings is 1. The molecular formula is C33H37ClN10O3. The lowest BCUT2D eigenvalue weighted by atomic mass is 9.81. The van der Waals surface area contributed by atoms with Crippen LogP contribution in [0.25, 0.3) is 23.0 Å². The Bertz CT molecular complexity index is 1750. The molecule has 3 aliphatic rings. The van der Waals surface area contributed by atoms with E-state index < -0.39 is 6.09 Å². The molecule has 3 atom stereocenters. The number of nitrogens with two attached hydrogens (primary N) is 1. The fourth-order valence-electron chi connectivity index (χ4n) is 7.07. The van der Waals surface area contributed by atoms with Crippen LogP contribution in [0.15, 0.2) is 61.1 Å². The van der Waals surface area contributed by atoms with Crippen LogP contribution in [0, 0.1) is 11.8 Å². The van der Waals surface area contributed by atoms with E-state index in [4.69, 9.17) is 27.4 Å². The van der Waals surface area contributed by atoms with E-state index in [1.54, 1.807) is 41.1 Å². The normalized spacial score (nSPS) is 22.5. The van der Waals surface area contributed by atoms with Gasteiger partial charge in [-0.25, -0.2) is 9.78 Å². The smallest absolute Gasteiger partial charge is 0.409 e. The summed E-state index contributed by atoms with van der Waals surface area (Å²) >= 11 is 6.36. The van der Waals surface area contributed by atoms with E-state index in [9.17, 15) is 9.59 Å². The van der Waals surface area contributed by atoms with Crippen molar-refractivity contribution in [1.29, 1.82) is 0 Å². The average Bonchev–Trinajstić information content (AvgIpc) is 3.54. The number of aromatic amines is 1. The van der Waals surface area contributed by atoms with Crippen molar-refractivity contribution in [1.82, 2.24) is 40.0 Å². The number of carbonyl (C=O) groups excluding carboxylic acids is 1. The first-order chi connectivity index (χ1) is 22.8. The number of imidazole rings is 1. The summed E-state index contributed by atoms with van der Waals surface area (Å²) in [5.74, 6) is 1.40. The molecule has 2 aromatic heterocycles. The van der Waals surface area contributed by atoms with Crippen LogP contribution in [-0.4, -0.2) is 88.8 Å². The van der Waals surface area contributed by atoms with Crippen LogP contribution in [0.1, 0.15) is 49.5 Å². The lowest BCUT2D eigenvalue weighted by Gasteiger charge is -2.48. The van der Waals surface area contributed by atoms with Crippen LogP contribution in [0.5, 0.6) is 0 Å². The van der Waals surface area contributed by atoms with Crippen molar-refractivity contribution in [3.05, 3.63) is 77.5 Å². The molecule has 2 amide bonds. The summed E-state index contributed by atoms with van der Waals surface area (Å²) in [5, 5.41) is 23.5. The molecule has 1 aliphatic carbocycles. The number of anilines is 1. The number of amides is 2. The molecule has 0 spiro atoms. The van der Waals surface area contributed by atoms with E-state index in [1.807, 2.05) is 29.3 Å². The minimum Gasteiger partial charge on any atom is -0.465 e. The third-order valence-corrected chi connectivity index (χ3v) is 9.83. The second kappa shape index (κ2) is 13.3. The van der Waals surface area contributed by atoms with E-state index in [-0.39, 0.29) is 30.0 Å². The molecule has 47 heavy (non-hydrogen) atoms. The molecule has 5 N–H and O–H groups in total. The number of nitrogens with one attached hydrogen (secondary N) is 2. The molecule has 2 aliphatic heterocycles. The molecule has 0 radical (unpaired) electrons. The lowest BCUT2D eigenvalue weighted by Crippen LogP contribution is -2.56. The highest BCUT2D eigenvalue weighted by molar-refractivity contribution is 6.30. The molecule has 2 aromatic carbocycles. The molecule has 2 saturated heterocycles. The lowest BCUT2D eigenvalue weighted by molar-refractivity contribution is -0.134. The number of aromatic nitrogens is 6. The number of nitrogens with zero attached hydrogens (tertiary/aromatic N) is 7. The molecule has 7 rings (SSSR count). The summed E-state index contributed by atoms with van der Waals surface area (Å²) in [6.07, 6.45) is 10.8. The Morgan fingerprint density at radius 1 is 1.09 bits per heavy atom. The van der Waals surface area contributed by atoms with Gasteiger partial charge in [0.1, 0.15) is 12.2 Å². The number of halogens is 1. The van der Waals surface area contributed by atoms with Crippen LogP contribution >= 0.6 is 11.6 Å².